The van der Waals surface area contributed by atoms with E-state index in [0.717, 1.165) is 10.1 Å². The summed E-state index contributed by atoms with van der Waals surface area (Å²) in [4.78, 5) is 15.3. The van der Waals surface area contributed by atoms with Crippen LogP contribution in [0.5, 0.6) is 0 Å². The van der Waals surface area contributed by atoms with Crippen LogP contribution >= 0.6 is 0 Å². The molecule has 0 aliphatic carbocycles. The Balaban J connectivity index is 3.01. The fourth-order valence-electron chi connectivity index (χ4n) is 1.08. The highest BCUT2D eigenvalue weighted by Crippen LogP contribution is 1.95. The van der Waals surface area contributed by atoms with E-state index in [-0.39, 0.29) is 0 Å². The molecule has 0 bridgehead atoms. The number of hydrogen-bond donors (Lipinski definition) is 0. The first kappa shape index (κ1) is 6.97. The van der Waals surface area contributed by atoms with Crippen LogP contribution in [0.25, 0.3) is 5.52 Å². The fraction of sp³-hybridized carbons (Fsp3) is 0.125. The molecule has 0 saturated carbocycles. The number of hydrogen-bond acceptors (Lipinski definition) is 2. The van der Waals surface area contributed by atoms with Crippen molar-refractivity contribution in [2.75, 3.05) is 0 Å². The van der Waals surface area contributed by atoms with Gasteiger partial charge in [-0.15, -0.1) is 4.52 Å². The summed E-state index contributed by atoms with van der Waals surface area (Å²) in [6.07, 6.45) is 3.38. The topological polar surface area (TPSA) is 40.3 Å². The van der Waals surface area contributed by atoms with Gasteiger partial charge in [-0.25, -0.2) is 0 Å². The smallest absolute Gasteiger partial charge is 0.145 e. The first-order valence-electron chi connectivity index (χ1n) is 3.65. The van der Waals surface area contributed by atoms with E-state index in [0.29, 0.717) is 5.82 Å². The molecule has 2 heterocycles. The Hall–Kier alpha value is -1.71. The van der Waals surface area contributed by atoms with Crippen molar-refractivity contribution < 1.29 is 4.54 Å². The second-order valence-corrected chi connectivity index (χ2v) is 2.55. The normalized spacial score (nSPS) is 10.4. The molecular weight excluding hydrogens is 154 g/mol. The van der Waals surface area contributed by atoms with E-state index in [4.69, 9.17) is 0 Å². The van der Waals surface area contributed by atoms with E-state index >= 15 is 0 Å². The van der Waals surface area contributed by atoms with Crippen molar-refractivity contribution in [3.63, 3.8) is 0 Å². The summed E-state index contributed by atoms with van der Waals surface area (Å²) in [5.74, 6) is 0.443. The van der Waals surface area contributed by atoms with Gasteiger partial charge in [0, 0.05) is 6.92 Å². The third-order valence-electron chi connectivity index (χ3n) is 1.73. The minimum Gasteiger partial charge on any atom is -0.145 e. The summed E-state index contributed by atoms with van der Waals surface area (Å²) in [6, 6.07) is 5.51. The van der Waals surface area contributed by atoms with Crippen LogP contribution in [0.2, 0.25) is 0 Å². The summed E-state index contributed by atoms with van der Waals surface area (Å²) in [7, 11) is 0. The Morgan fingerprint density at radius 2 is 2.33 bits per heavy atom. The molecule has 0 N–H and O–H groups in total. The maximum absolute atomic E-state index is 11.3. The largest absolute Gasteiger partial charge is 0.362 e. The molecule has 12 heavy (non-hydrogen) atoms. The molecule has 0 aliphatic heterocycles. The Bertz CT molecular complexity index is 475. The van der Waals surface area contributed by atoms with Crippen molar-refractivity contribution in [3.8, 4) is 0 Å². The number of aryl methyl sites for hydroxylation is 1. The first-order chi connectivity index (χ1) is 5.79. The molecule has 60 valence electrons. The van der Waals surface area contributed by atoms with E-state index in [1.54, 1.807) is 25.4 Å². The lowest BCUT2D eigenvalue weighted by Crippen LogP contribution is -2.29. The molecule has 0 aromatic carbocycles. The highest BCUT2D eigenvalue weighted by Gasteiger charge is 2.05. The van der Waals surface area contributed by atoms with E-state index in [2.05, 4.69) is 4.98 Å². The van der Waals surface area contributed by atoms with Gasteiger partial charge in [-0.2, -0.15) is 0 Å². The zero-order chi connectivity index (χ0) is 8.55. The minimum absolute atomic E-state index is 0.443. The summed E-state index contributed by atoms with van der Waals surface area (Å²) in [5.41, 5.74) is 0.790. The number of pyridine rings is 1. The summed E-state index contributed by atoms with van der Waals surface area (Å²) >= 11 is 0. The van der Waals surface area contributed by atoms with E-state index in [1.807, 2.05) is 12.1 Å². The average Bonchev–Trinajstić information content (AvgIpc) is 2.12. The van der Waals surface area contributed by atoms with Gasteiger partial charge in [0.15, 0.2) is 6.20 Å². The quantitative estimate of drug-likeness (QED) is 0.531. The zero-order valence-corrected chi connectivity index (χ0v) is 6.64. The first-order valence-corrected chi connectivity index (χ1v) is 3.65. The monoisotopic (exact) mass is 162 g/mol. The van der Waals surface area contributed by atoms with Crippen molar-refractivity contribution >= 4 is 5.52 Å². The molecular formula is C8H8N3O+. The average molecular weight is 162 g/mol. The highest BCUT2D eigenvalue weighted by molar-refractivity contribution is 5.40. The Labute approximate surface area is 68.7 Å². The molecule has 0 aliphatic rings. The maximum atomic E-state index is 11.3. The van der Waals surface area contributed by atoms with Gasteiger partial charge in [-0.1, -0.05) is 6.07 Å². The molecule has 0 fully saturated rings. The maximum Gasteiger partial charge on any atom is 0.362 e. The summed E-state index contributed by atoms with van der Waals surface area (Å²) in [6.45, 7) is 1.67. The van der Waals surface area contributed by atoms with Crippen molar-refractivity contribution in [3.05, 3.63) is 41.3 Å². The second kappa shape index (κ2) is 2.41. The Kier molecular flexibility index (Phi) is 1.40. The Morgan fingerprint density at radius 3 is 3.17 bits per heavy atom. The lowest BCUT2D eigenvalue weighted by atomic mass is 10.4. The summed E-state index contributed by atoms with van der Waals surface area (Å²) < 4.78 is 2.26. The van der Waals surface area contributed by atoms with E-state index in [1.165, 1.54) is 4.52 Å². The minimum atomic E-state index is 0.443. The van der Waals surface area contributed by atoms with Crippen LogP contribution in [0.1, 0.15) is 5.82 Å². The van der Waals surface area contributed by atoms with Gasteiger partial charge in [-0.05, 0) is 22.0 Å². The van der Waals surface area contributed by atoms with Gasteiger partial charge in [0.05, 0.1) is 10.7 Å². The Morgan fingerprint density at radius 1 is 1.50 bits per heavy atom. The zero-order valence-electron chi connectivity index (χ0n) is 6.64. The number of aromatic nitrogens is 3. The number of nitrogens with zero attached hydrogens (tertiary/aromatic N) is 3. The molecule has 0 atom stereocenters. The van der Waals surface area contributed by atoms with Crippen LogP contribution in [0.15, 0.2) is 30.6 Å². The van der Waals surface area contributed by atoms with Crippen LogP contribution in [0.4, 0.5) is 0 Å². The van der Waals surface area contributed by atoms with Gasteiger partial charge in [0.25, 0.3) is 0 Å². The predicted octanol–water partition coefficient (Wildman–Crippen LogP) is 0.557. The molecule has 2 aromatic rings. The van der Waals surface area contributed by atoms with Crippen LogP contribution in [0, 0.1) is 11.8 Å². The highest BCUT2D eigenvalue weighted by atomic mass is 16.3. The predicted molar refractivity (Wildman–Crippen MR) is 43.3 cm³/mol. The summed E-state index contributed by atoms with van der Waals surface area (Å²) in [5, 5.41) is 0. The molecule has 4 nitrogen and oxygen atoms in total. The van der Waals surface area contributed by atoms with Gasteiger partial charge in [0.1, 0.15) is 5.52 Å². The molecule has 0 radical (unpaired) electrons. The molecule has 2 aromatic heterocycles. The lowest BCUT2D eigenvalue weighted by molar-refractivity contribution is -0.587. The third kappa shape index (κ3) is 0.887. The number of rotatable bonds is 0. The van der Waals surface area contributed by atoms with Crippen molar-refractivity contribution in [2.45, 2.75) is 6.92 Å². The second-order valence-electron chi connectivity index (χ2n) is 2.55. The van der Waals surface area contributed by atoms with Gasteiger partial charge in [-0.3, -0.25) is 0 Å². The fourth-order valence-corrected chi connectivity index (χ4v) is 1.08. The van der Waals surface area contributed by atoms with Gasteiger partial charge >= 0.3 is 5.82 Å². The van der Waals surface area contributed by atoms with Crippen LogP contribution in [-0.4, -0.2) is 9.50 Å². The van der Waals surface area contributed by atoms with Crippen molar-refractivity contribution in [2.24, 2.45) is 0 Å². The number of fused-ring (bicyclic) bond motifs is 1. The van der Waals surface area contributed by atoms with E-state index < -0.39 is 0 Å². The van der Waals surface area contributed by atoms with E-state index in [9.17, 15) is 4.91 Å². The SMILES string of the molecule is Cc1ncc2ccccn2[n+]1=O. The standard InChI is InChI=1S/C8H8N3O/c1-7-9-6-8-4-2-3-5-10(8)11(7)12/h2-6H,1H3/q+1. The van der Waals surface area contributed by atoms with Gasteiger partial charge in [0.2, 0.25) is 0 Å². The van der Waals surface area contributed by atoms with Crippen LogP contribution < -0.4 is 4.54 Å². The molecule has 2 rings (SSSR count). The van der Waals surface area contributed by atoms with Crippen molar-refractivity contribution in [1.29, 1.82) is 0 Å². The molecule has 0 spiro atoms. The van der Waals surface area contributed by atoms with Crippen molar-refractivity contribution in [1.82, 2.24) is 9.50 Å². The van der Waals surface area contributed by atoms with Crippen LogP contribution in [0.3, 0.4) is 0 Å². The third-order valence-corrected chi connectivity index (χ3v) is 1.73. The molecule has 4 heteroatoms. The van der Waals surface area contributed by atoms with Gasteiger partial charge < -0.3 is 0 Å². The van der Waals surface area contributed by atoms with Crippen LogP contribution in [-0.2, 0) is 0 Å². The molecule has 0 unspecified atom stereocenters. The molecule has 0 amide bonds. The lowest BCUT2D eigenvalue weighted by Gasteiger charge is -1.91. The molecule has 0 saturated heterocycles.